The monoisotopic (exact) mass is 539 g/mol. The van der Waals surface area contributed by atoms with Gasteiger partial charge in [-0.1, -0.05) is 0 Å². The van der Waals surface area contributed by atoms with Gasteiger partial charge in [0, 0.05) is 5.92 Å². The first kappa shape index (κ1) is 25.1. The third kappa shape index (κ3) is 4.41. The molecule has 35 heavy (non-hydrogen) atoms. The van der Waals surface area contributed by atoms with Crippen LogP contribution in [0.15, 0.2) is 12.7 Å². The number of hydrogen-bond donors (Lipinski definition) is 7. The van der Waals surface area contributed by atoms with Crippen LogP contribution in [0.25, 0.3) is 11.2 Å². The predicted octanol–water partition coefficient (Wildman–Crippen LogP) is -2.12. The molecule has 2 unspecified atom stereocenters. The molecule has 0 spiro atoms. The molecule has 2 aromatic heterocycles. The van der Waals surface area contributed by atoms with E-state index in [9.17, 15) is 39.3 Å². The standard InChI is InChI=1S/C16H23N5O12P2/c17-14-9-15-19-5-20(14)7-1-6(10(22)11(7)23)2-30-34(26,27)33-35(28,29)31-3-8-12(24)13(25)16(32-8)21(15)4-18-9/h4-8,10-13,16-17,22-25H,1-3H2,(H,26,27)(H,28,29)/t6-,7-,8-,10-,11+,12-,13-,16-/m1/s1. The summed E-state index contributed by atoms with van der Waals surface area (Å²) >= 11 is 0. The van der Waals surface area contributed by atoms with Crippen molar-refractivity contribution in [3.05, 3.63) is 18.1 Å². The summed E-state index contributed by atoms with van der Waals surface area (Å²) in [5.41, 5.74) is -0.0124. The molecule has 194 valence electrons. The summed E-state index contributed by atoms with van der Waals surface area (Å²) < 4.78 is 46.2. The average molecular weight is 539 g/mol. The third-order valence-electron chi connectivity index (χ3n) is 6.35. The van der Waals surface area contributed by atoms with Crippen LogP contribution in [0.2, 0.25) is 0 Å². The Morgan fingerprint density at radius 3 is 2.29 bits per heavy atom. The second-order valence-corrected chi connectivity index (χ2v) is 11.6. The largest absolute Gasteiger partial charge is 0.481 e. The molecule has 2 fully saturated rings. The van der Waals surface area contributed by atoms with Crippen molar-refractivity contribution in [3.8, 4) is 0 Å². The van der Waals surface area contributed by atoms with E-state index in [-0.39, 0.29) is 23.1 Å². The summed E-state index contributed by atoms with van der Waals surface area (Å²) in [7, 11) is -10.4. The minimum Gasteiger partial charge on any atom is -0.390 e. The van der Waals surface area contributed by atoms with Crippen molar-refractivity contribution in [2.45, 2.75) is 49.2 Å². The molecule has 2 aromatic rings. The molecule has 1 saturated heterocycles. The molecular formula is C16H23N5O12P2. The van der Waals surface area contributed by atoms with Gasteiger partial charge in [-0.2, -0.15) is 4.31 Å². The van der Waals surface area contributed by atoms with Crippen LogP contribution in [-0.2, 0) is 27.2 Å². The van der Waals surface area contributed by atoms with E-state index in [0.717, 1.165) is 0 Å². The lowest BCUT2D eigenvalue weighted by molar-refractivity contribution is -0.0504. The van der Waals surface area contributed by atoms with Crippen LogP contribution in [-0.4, -0.2) is 93.0 Å². The topological polar surface area (TPSA) is 252 Å². The van der Waals surface area contributed by atoms with E-state index in [1.165, 1.54) is 21.8 Å². The number of nitrogens with zero attached hydrogens (tertiary/aromatic N) is 4. The molecule has 8 bridgehead atoms. The summed E-state index contributed by atoms with van der Waals surface area (Å²) in [6.45, 7) is -1.46. The van der Waals surface area contributed by atoms with E-state index in [1.54, 1.807) is 0 Å². The minimum absolute atomic E-state index is 0.0155. The molecule has 1 aliphatic carbocycles. The molecule has 0 radical (unpaired) electrons. The number of aromatic nitrogens is 4. The highest BCUT2D eigenvalue weighted by Crippen LogP contribution is 2.61. The van der Waals surface area contributed by atoms with Gasteiger partial charge in [0.1, 0.15) is 29.9 Å². The van der Waals surface area contributed by atoms with Crippen LogP contribution in [0.3, 0.4) is 0 Å². The third-order valence-corrected chi connectivity index (χ3v) is 8.96. The molecule has 6 rings (SSSR count). The molecule has 19 heteroatoms. The summed E-state index contributed by atoms with van der Waals surface area (Å²) in [5, 5.41) is 50.4. The zero-order valence-corrected chi connectivity index (χ0v) is 19.5. The maximum absolute atomic E-state index is 12.2. The van der Waals surface area contributed by atoms with Crippen molar-refractivity contribution in [2.24, 2.45) is 5.92 Å². The number of aliphatic hydroxyl groups is 4. The highest BCUT2D eigenvalue weighted by atomic mass is 31.3. The van der Waals surface area contributed by atoms with Gasteiger partial charge in [0.05, 0.1) is 38.0 Å². The summed E-state index contributed by atoms with van der Waals surface area (Å²) in [4.78, 5) is 28.1. The second kappa shape index (κ2) is 8.76. The van der Waals surface area contributed by atoms with E-state index >= 15 is 0 Å². The summed E-state index contributed by atoms with van der Waals surface area (Å²) in [5.74, 6) is -0.911. The first-order valence-electron chi connectivity index (χ1n) is 10.4. The van der Waals surface area contributed by atoms with Crippen LogP contribution in [0.1, 0.15) is 18.7 Å². The van der Waals surface area contributed by atoms with Gasteiger partial charge < -0.3 is 39.5 Å². The van der Waals surface area contributed by atoms with Crippen LogP contribution in [0.5, 0.6) is 0 Å². The Morgan fingerprint density at radius 1 is 0.914 bits per heavy atom. The number of aliphatic hydroxyl groups excluding tert-OH is 4. The predicted molar refractivity (Wildman–Crippen MR) is 109 cm³/mol. The Bertz CT molecular complexity index is 1290. The molecule has 10 atom stereocenters. The first-order chi connectivity index (χ1) is 16.4. The van der Waals surface area contributed by atoms with Crippen molar-refractivity contribution in [2.75, 3.05) is 13.2 Å². The molecule has 17 nitrogen and oxygen atoms in total. The fraction of sp³-hybridized carbons (Fsp3) is 0.688. The van der Waals surface area contributed by atoms with Gasteiger partial charge in [-0.15, -0.1) is 0 Å². The number of hydrogen-bond acceptors (Lipinski definition) is 13. The normalized spacial score (nSPS) is 44.6. The van der Waals surface area contributed by atoms with Gasteiger partial charge in [-0.3, -0.25) is 19.0 Å². The van der Waals surface area contributed by atoms with Crippen LogP contribution in [0, 0.1) is 11.3 Å². The number of phosphoric ester groups is 2. The Balaban J connectivity index is 1.58. The van der Waals surface area contributed by atoms with Crippen LogP contribution >= 0.6 is 15.6 Å². The fourth-order valence-corrected chi connectivity index (χ4v) is 6.69. The van der Waals surface area contributed by atoms with Crippen molar-refractivity contribution < 1.29 is 57.4 Å². The molecule has 0 aromatic carbocycles. The molecule has 4 aliphatic rings. The maximum Gasteiger partial charge on any atom is 0.481 e. The maximum atomic E-state index is 12.2. The van der Waals surface area contributed by atoms with E-state index in [2.05, 4.69) is 18.8 Å². The number of imidazole rings is 1. The smallest absolute Gasteiger partial charge is 0.390 e. The zero-order chi connectivity index (χ0) is 25.3. The molecule has 1 saturated carbocycles. The van der Waals surface area contributed by atoms with Gasteiger partial charge in [-0.05, 0) is 6.42 Å². The lowest BCUT2D eigenvalue weighted by Crippen LogP contribution is -2.35. The van der Waals surface area contributed by atoms with Gasteiger partial charge in [0.25, 0.3) is 0 Å². The van der Waals surface area contributed by atoms with Crippen molar-refractivity contribution in [3.63, 3.8) is 0 Å². The van der Waals surface area contributed by atoms with Gasteiger partial charge in [0.15, 0.2) is 17.4 Å². The molecule has 7 N–H and O–H groups in total. The number of ether oxygens (including phenoxy) is 1. The lowest BCUT2D eigenvalue weighted by Gasteiger charge is -2.21. The lowest BCUT2D eigenvalue weighted by atomic mass is 10.1. The SMILES string of the molecule is N=c1c2ncn3c2ncn1[C@@H]1C[C@H](COP(=O)(O)OP(=O)(O)OC[C@H]2O[C@@H]3[C@H](O)[C@@H]2O)[C@@H](O)[C@H]1O. The first-order valence-corrected chi connectivity index (χ1v) is 13.4. The van der Waals surface area contributed by atoms with Gasteiger partial charge in [-0.25, -0.2) is 19.1 Å². The highest BCUT2D eigenvalue weighted by Gasteiger charge is 2.48. The molecule has 3 aliphatic heterocycles. The Morgan fingerprint density at radius 2 is 1.57 bits per heavy atom. The Hall–Kier alpha value is -1.59. The minimum atomic E-state index is -5.21. The van der Waals surface area contributed by atoms with E-state index in [4.69, 9.17) is 14.7 Å². The Kier molecular flexibility index (Phi) is 6.28. The van der Waals surface area contributed by atoms with Crippen molar-refractivity contribution >= 4 is 26.8 Å². The zero-order valence-electron chi connectivity index (χ0n) is 17.7. The van der Waals surface area contributed by atoms with Gasteiger partial charge >= 0.3 is 15.6 Å². The van der Waals surface area contributed by atoms with Crippen LogP contribution in [0.4, 0.5) is 0 Å². The Labute approximate surface area is 195 Å². The highest BCUT2D eigenvalue weighted by molar-refractivity contribution is 7.61. The number of nitrogens with one attached hydrogen (secondary N) is 1. The summed E-state index contributed by atoms with van der Waals surface area (Å²) in [6.07, 6.45) is -6.22. The number of fused-ring (bicyclic) bond motifs is 7. The average Bonchev–Trinajstić information content (AvgIpc) is 3.41. The van der Waals surface area contributed by atoms with E-state index in [0.29, 0.717) is 0 Å². The van der Waals surface area contributed by atoms with Crippen molar-refractivity contribution in [1.82, 2.24) is 19.1 Å². The molecular weight excluding hydrogens is 516 g/mol. The van der Waals surface area contributed by atoms with Gasteiger partial charge in [0.2, 0.25) is 0 Å². The second-order valence-electron chi connectivity index (χ2n) is 8.53. The van der Waals surface area contributed by atoms with Crippen molar-refractivity contribution in [1.29, 1.82) is 5.41 Å². The van der Waals surface area contributed by atoms with E-state index < -0.39 is 77.6 Å². The summed E-state index contributed by atoms with van der Waals surface area (Å²) in [6, 6.07) is -0.891. The quantitative estimate of drug-likeness (QED) is 0.177. The number of rotatable bonds is 0. The molecule has 5 heterocycles. The van der Waals surface area contributed by atoms with E-state index in [1.807, 2.05) is 0 Å². The fourth-order valence-electron chi connectivity index (χ4n) is 4.56. The molecule has 0 amide bonds. The number of phosphoric acid groups is 2. The van der Waals surface area contributed by atoms with Crippen LogP contribution < -0.4 is 5.49 Å².